The molecule has 0 saturated carbocycles. The van der Waals surface area contributed by atoms with Crippen LogP contribution in [0.4, 0.5) is 11.4 Å². The number of imide groups is 2. The SMILES string of the molecule is C#CC[C@@H](CCCCN1C(=O)c2ccccc2C1=O)c1nc2cc(Cl)ccc2c(=O)n1Nc1ccccc1.C#CC[C@@H](N)c1nc2cc(Cl)ccc2c(=O)n1Nc1ccccc1.CC(=O)OOC(C)=O.O=CCCN1C(=O)c2ccccc2C1=O.[B-]OC(C)=O.[Na+]. The molecule has 91 heavy (non-hydrogen) atoms. The molecule has 10 rings (SSSR count). The van der Waals surface area contributed by atoms with Crippen molar-refractivity contribution in [3.63, 3.8) is 0 Å². The molecule has 22 nitrogen and oxygen atoms in total. The van der Waals surface area contributed by atoms with Gasteiger partial charge in [0.1, 0.15) is 17.9 Å². The van der Waals surface area contributed by atoms with Gasteiger partial charge in [-0.3, -0.25) is 54.2 Å². The Labute approximate surface area is 556 Å². The third-order valence-corrected chi connectivity index (χ3v) is 13.5. The van der Waals surface area contributed by atoms with E-state index in [1.54, 1.807) is 84.9 Å². The first-order valence-corrected chi connectivity index (χ1v) is 28.3. The number of fused-ring (bicyclic) bond motifs is 4. The fraction of sp³-hybridized carbons (Fsp3) is 0.200. The number of carbonyl (C=O) groups is 8. The molecule has 0 fully saturated rings. The van der Waals surface area contributed by atoms with Gasteiger partial charge in [0.15, 0.2) is 0 Å². The monoisotopic (exact) mass is 1280 g/mol. The molecule has 2 aromatic heterocycles. The third kappa shape index (κ3) is 19.6. The average Bonchev–Trinajstić information content (AvgIpc) is 1.56. The van der Waals surface area contributed by atoms with Crippen LogP contribution in [0, 0.1) is 24.7 Å². The van der Waals surface area contributed by atoms with Gasteiger partial charge in [0, 0.05) is 69.1 Å². The summed E-state index contributed by atoms with van der Waals surface area (Å²) in [6.45, 7) is 3.99. The van der Waals surface area contributed by atoms with Crippen molar-refractivity contribution in [2.24, 2.45) is 5.73 Å². The number of aromatic nitrogens is 4. The van der Waals surface area contributed by atoms with E-state index in [1.807, 2.05) is 60.7 Å². The van der Waals surface area contributed by atoms with Gasteiger partial charge in [-0.1, -0.05) is 90.3 Å². The summed E-state index contributed by atoms with van der Waals surface area (Å²) in [6.07, 6.45) is 14.5. The Morgan fingerprint density at radius 1 is 0.582 bits per heavy atom. The van der Waals surface area contributed by atoms with Gasteiger partial charge in [0.2, 0.25) is 5.97 Å². The molecule has 0 aliphatic carbocycles. The molecule has 0 saturated heterocycles. The van der Waals surface area contributed by atoms with Gasteiger partial charge in [0.25, 0.3) is 34.7 Å². The zero-order chi connectivity index (χ0) is 65.4. The van der Waals surface area contributed by atoms with Crippen molar-refractivity contribution in [3.05, 3.63) is 210 Å². The molecule has 2 atom stereocenters. The van der Waals surface area contributed by atoms with Crippen LogP contribution in [0.1, 0.15) is 124 Å². The molecule has 2 aliphatic heterocycles. The number of carbonyl (C=O) groups excluding carboxylic acids is 8. The van der Waals surface area contributed by atoms with E-state index >= 15 is 0 Å². The summed E-state index contributed by atoms with van der Waals surface area (Å²) in [4.78, 5) is 134. The molecular formula is C65H58BCl2N9NaO13. The first-order chi connectivity index (χ1) is 43.2. The number of nitrogens with zero attached hydrogens (tertiary/aromatic N) is 6. The molecule has 2 aliphatic rings. The number of anilines is 2. The minimum Gasteiger partial charge on any atom is -0.793 e. The molecule has 26 heteroatoms. The minimum absolute atomic E-state index is 0. The first-order valence-electron chi connectivity index (χ1n) is 27.5. The molecule has 6 aromatic carbocycles. The van der Waals surface area contributed by atoms with Crippen LogP contribution in [0.15, 0.2) is 155 Å². The van der Waals surface area contributed by atoms with Crippen molar-refractivity contribution in [1.82, 2.24) is 29.1 Å². The molecule has 4 amide bonds. The number of hydrogen-bond acceptors (Lipinski definition) is 18. The van der Waals surface area contributed by atoms with Crippen molar-refractivity contribution >= 4 is 112 Å². The Morgan fingerprint density at radius 3 is 1.35 bits per heavy atom. The van der Waals surface area contributed by atoms with Crippen LogP contribution in [-0.4, -0.2) is 98.1 Å². The van der Waals surface area contributed by atoms with Gasteiger partial charge in [-0.15, -0.1) is 24.7 Å². The van der Waals surface area contributed by atoms with E-state index in [0.717, 1.165) is 30.1 Å². The molecule has 459 valence electrons. The topological polar surface area (TPSA) is 291 Å². The van der Waals surface area contributed by atoms with Crippen molar-refractivity contribution < 1.29 is 82.3 Å². The predicted octanol–water partition coefficient (Wildman–Crippen LogP) is 5.98. The summed E-state index contributed by atoms with van der Waals surface area (Å²) in [6, 6.07) is 41.6. The number of benzene rings is 6. The zero-order valence-corrected chi connectivity index (χ0v) is 53.3. The number of aldehydes is 1. The van der Waals surface area contributed by atoms with Crippen LogP contribution in [0.25, 0.3) is 21.8 Å². The number of amides is 4. The molecule has 3 radical (unpaired) electrons. The Kier molecular flexibility index (Phi) is 28.1. The summed E-state index contributed by atoms with van der Waals surface area (Å²) in [7, 11) is 4.32. The van der Waals surface area contributed by atoms with Gasteiger partial charge >= 0.3 is 41.5 Å². The van der Waals surface area contributed by atoms with Gasteiger partial charge in [-0.2, -0.15) is 0 Å². The van der Waals surface area contributed by atoms with E-state index in [-0.39, 0.29) is 89.6 Å². The largest absolute Gasteiger partial charge is 1.00 e. The molecule has 4 heterocycles. The Morgan fingerprint density at radius 2 is 0.967 bits per heavy atom. The summed E-state index contributed by atoms with van der Waals surface area (Å²) in [5.74, 6) is 2.95. The minimum atomic E-state index is -0.639. The molecule has 8 aromatic rings. The predicted molar refractivity (Wildman–Crippen MR) is 339 cm³/mol. The normalized spacial score (nSPS) is 12.1. The number of unbranched alkanes of at least 4 members (excludes halogenated alkanes) is 1. The standard InChI is InChI=1S/C30H25ClN4O3.C18H15ClN4O.C11H9NO3.C4H6O4.C2H3BO2.Na/c1-2-10-20(11-8-9-18-34-28(36)23-14-6-7-15-24(23)29(34)37)27-32-26-19-21(31)16-17-25(26)30(38)35(27)33-22-12-4-3-5-13-22;1-2-6-15(20)17-21-16-11-12(19)9-10-14(16)18(24)23(17)22-13-7-4-3-5-8-13;13-7-3-6-12-10(14)8-4-1-2-5-9(8)11(12)15;1-3(5)7-8-4(2)6;1-2(4)5-3;/h1,3-7,12-17,19-20,33H,8-11,18H2;1,3-5,7-11,15,22H,6,20H2;1-2,4-5,7H,3,6H2;1-2H3;1H3;/q;;;;-1;+1/t20-;15-;;;;/m01..../s1. The number of halogens is 2. The van der Waals surface area contributed by atoms with Crippen molar-refractivity contribution in [1.29, 1.82) is 0 Å². The number of hydrogen-bond donors (Lipinski definition) is 3. The van der Waals surface area contributed by atoms with E-state index in [2.05, 4.69) is 50.2 Å². The van der Waals surface area contributed by atoms with Crippen LogP contribution < -0.4 is 57.3 Å². The van der Waals surface area contributed by atoms with E-state index < -0.39 is 23.9 Å². The van der Waals surface area contributed by atoms with E-state index in [9.17, 15) is 47.9 Å². The van der Waals surface area contributed by atoms with Crippen LogP contribution in [0.2, 0.25) is 10.0 Å². The Hall–Kier alpha value is -9.72. The third-order valence-electron chi connectivity index (χ3n) is 13.0. The second kappa shape index (κ2) is 35.5. The molecule has 0 bridgehead atoms. The maximum Gasteiger partial charge on any atom is 1.00 e. The smallest absolute Gasteiger partial charge is 0.793 e. The molecule has 4 N–H and O–H groups in total. The first kappa shape index (κ1) is 72.0. The van der Waals surface area contributed by atoms with Crippen LogP contribution in [0.5, 0.6) is 0 Å². The second-order valence-electron chi connectivity index (χ2n) is 19.4. The molecule has 0 unspecified atom stereocenters. The van der Waals surface area contributed by atoms with E-state index in [4.69, 9.17) is 46.8 Å². The Bertz CT molecular complexity index is 4100. The summed E-state index contributed by atoms with van der Waals surface area (Å²) >= 11 is 12.2. The van der Waals surface area contributed by atoms with E-state index in [1.165, 1.54) is 21.2 Å². The van der Waals surface area contributed by atoms with Gasteiger partial charge in [-0.05, 0) is 97.8 Å². The summed E-state index contributed by atoms with van der Waals surface area (Å²) in [5, 5.41) is 1.87. The van der Waals surface area contributed by atoms with Gasteiger partial charge in [0.05, 0.1) is 61.5 Å². The Balaban J connectivity index is 0.000000241. The fourth-order valence-corrected chi connectivity index (χ4v) is 9.23. The van der Waals surface area contributed by atoms with Gasteiger partial charge in [-0.25, -0.2) is 38.7 Å². The molecule has 0 spiro atoms. The fourth-order valence-electron chi connectivity index (χ4n) is 8.90. The van der Waals surface area contributed by atoms with Crippen molar-refractivity contribution in [3.8, 4) is 24.7 Å². The maximum absolute atomic E-state index is 13.5. The van der Waals surface area contributed by atoms with E-state index in [0.29, 0.717) is 104 Å². The quantitative estimate of drug-likeness (QED) is 0.0191. The summed E-state index contributed by atoms with van der Waals surface area (Å²) in [5.41, 5.74) is 16.0. The zero-order valence-electron chi connectivity index (χ0n) is 49.8. The van der Waals surface area contributed by atoms with Gasteiger partial charge < -0.3 is 23.2 Å². The van der Waals surface area contributed by atoms with Crippen LogP contribution in [-0.2, 0) is 33.6 Å². The maximum atomic E-state index is 13.5. The van der Waals surface area contributed by atoms with Crippen LogP contribution in [0.3, 0.4) is 0 Å². The molecular weight excluding hydrogens is 1220 g/mol. The summed E-state index contributed by atoms with van der Waals surface area (Å²) < 4.78 is 6.41. The number of terminal acetylenes is 2. The van der Waals surface area contributed by atoms with Crippen molar-refractivity contribution in [2.45, 2.75) is 71.3 Å². The number of nitrogens with one attached hydrogen (secondary N) is 2. The van der Waals surface area contributed by atoms with Crippen LogP contribution >= 0.6 is 23.2 Å². The number of nitrogens with two attached hydrogens (primary N) is 1. The van der Waals surface area contributed by atoms with Crippen molar-refractivity contribution in [2.75, 3.05) is 23.9 Å². The average molecular weight is 1280 g/mol. The second-order valence-corrected chi connectivity index (χ2v) is 20.3. The number of para-hydroxylation sites is 2. The number of rotatable bonds is 16.